The molecular formula is C29H28FN5OS. The first kappa shape index (κ1) is 24.6. The van der Waals surface area contributed by atoms with Gasteiger partial charge in [0.25, 0.3) is 0 Å². The molecule has 37 heavy (non-hydrogen) atoms. The molecule has 8 heteroatoms. The molecule has 0 radical (unpaired) electrons. The fourth-order valence-electron chi connectivity index (χ4n) is 4.62. The number of halogens is 1. The van der Waals surface area contributed by atoms with Crippen LogP contribution in [-0.4, -0.2) is 20.6 Å². The number of benzene rings is 2. The third-order valence-corrected chi connectivity index (χ3v) is 6.87. The van der Waals surface area contributed by atoms with Gasteiger partial charge in [-0.3, -0.25) is 9.78 Å². The first-order valence-corrected chi connectivity index (χ1v) is 12.6. The standard InChI is InChI=1S/C29H28FN5OS/c1-18(2)28(36)32-23-14-13-22(17-19(23)3)35-27(26(33-29(35)37)24-7-4-5-15-31-24)25-8-6-16-34(25)21-11-9-20(30)10-12-21/h4-18,26-27H,1-3H3,(H,32,36)(H,33,37)/t26-,27-/m1/s1. The largest absolute Gasteiger partial charge is 0.351 e. The van der Waals surface area contributed by atoms with E-state index in [1.54, 1.807) is 18.3 Å². The summed E-state index contributed by atoms with van der Waals surface area (Å²) >= 11 is 5.87. The number of hydrogen-bond acceptors (Lipinski definition) is 3. The van der Waals surface area contributed by atoms with Crippen molar-refractivity contribution in [3.05, 3.63) is 108 Å². The zero-order chi connectivity index (χ0) is 26.1. The Hall–Kier alpha value is -4.04. The van der Waals surface area contributed by atoms with Crippen LogP contribution in [0.15, 0.2) is 85.2 Å². The predicted molar refractivity (Wildman–Crippen MR) is 148 cm³/mol. The molecule has 5 rings (SSSR count). The van der Waals surface area contributed by atoms with Crippen molar-refractivity contribution in [3.8, 4) is 5.69 Å². The number of anilines is 2. The van der Waals surface area contributed by atoms with E-state index in [2.05, 4.69) is 26.6 Å². The summed E-state index contributed by atoms with van der Waals surface area (Å²) in [4.78, 5) is 19.0. The van der Waals surface area contributed by atoms with Gasteiger partial charge >= 0.3 is 0 Å². The fraction of sp³-hybridized carbons (Fsp3) is 0.207. The van der Waals surface area contributed by atoms with Crippen LogP contribution in [0.5, 0.6) is 0 Å². The van der Waals surface area contributed by atoms with Crippen LogP contribution in [0.3, 0.4) is 0 Å². The van der Waals surface area contributed by atoms with E-state index < -0.39 is 0 Å². The van der Waals surface area contributed by atoms with Crippen molar-refractivity contribution in [1.82, 2.24) is 14.9 Å². The maximum atomic E-state index is 13.7. The minimum Gasteiger partial charge on any atom is -0.351 e. The Morgan fingerprint density at radius 2 is 1.81 bits per heavy atom. The van der Waals surface area contributed by atoms with Gasteiger partial charge in [-0.25, -0.2) is 4.39 Å². The van der Waals surface area contributed by atoms with Crippen LogP contribution < -0.4 is 15.5 Å². The number of carbonyl (C=O) groups is 1. The molecule has 0 aliphatic carbocycles. The van der Waals surface area contributed by atoms with Crippen molar-refractivity contribution < 1.29 is 9.18 Å². The molecule has 1 amide bonds. The highest BCUT2D eigenvalue weighted by Crippen LogP contribution is 2.42. The summed E-state index contributed by atoms with van der Waals surface area (Å²) < 4.78 is 15.7. The summed E-state index contributed by atoms with van der Waals surface area (Å²) in [6.45, 7) is 5.70. The van der Waals surface area contributed by atoms with E-state index in [1.165, 1.54) is 12.1 Å². The molecule has 0 spiro atoms. The lowest BCUT2D eigenvalue weighted by molar-refractivity contribution is -0.118. The normalized spacial score (nSPS) is 17.2. The minimum atomic E-state index is -0.283. The van der Waals surface area contributed by atoms with Crippen molar-refractivity contribution in [2.75, 3.05) is 10.2 Å². The Balaban J connectivity index is 1.59. The molecule has 0 unspecified atom stereocenters. The fourth-order valence-corrected chi connectivity index (χ4v) is 4.97. The molecule has 1 aliphatic rings. The quantitative estimate of drug-likeness (QED) is 0.306. The highest BCUT2D eigenvalue weighted by Gasteiger charge is 2.42. The average Bonchev–Trinajstić information content (AvgIpc) is 3.50. The maximum absolute atomic E-state index is 13.7. The molecule has 0 saturated carbocycles. The van der Waals surface area contributed by atoms with Gasteiger partial charge in [0.15, 0.2) is 5.11 Å². The molecule has 2 atom stereocenters. The summed E-state index contributed by atoms with van der Waals surface area (Å²) in [5, 5.41) is 7.05. The first-order valence-electron chi connectivity index (χ1n) is 12.2. The molecule has 2 aromatic heterocycles. The Kier molecular flexibility index (Phi) is 6.76. The Morgan fingerprint density at radius 3 is 2.49 bits per heavy atom. The van der Waals surface area contributed by atoms with Crippen LogP contribution in [0.4, 0.5) is 15.8 Å². The van der Waals surface area contributed by atoms with Crippen LogP contribution >= 0.6 is 12.2 Å². The van der Waals surface area contributed by atoms with Gasteiger partial charge in [0.2, 0.25) is 5.91 Å². The van der Waals surface area contributed by atoms with Gasteiger partial charge in [0, 0.05) is 41.1 Å². The van der Waals surface area contributed by atoms with Gasteiger partial charge in [-0.1, -0.05) is 19.9 Å². The maximum Gasteiger partial charge on any atom is 0.226 e. The second kappa shape index (κ2) is 10.1. The second-order valence-corrected chi connectivity index (χ2v) is 9.81. The molecule has 6 nitrogen and oxygen atoms in total. The summed E-state index contributed by atoms with van der Waals surface area (Å²) in [5.74, 6) is -0.425. The van der Waals surface area contributed by atoms with E-state index >= 15 is 0 Å². The topological polar surface area (TPSA) is 62.2 Å². The van der Waals surface area contributed by atoms with Crippen LogP contribution in [0.25, 0.3) is 5.69 Å². The van der Waals surface area contributed by atoms with Crippen LogP contribution in [-0.2, 0) is 4.79 Å². The number of aryl methyl sites for hydroxylation is 1. The predicted octanol–water partition coefficient (Wildman–Crippen LogP) is 6.09. The zero-order valence-electron chi connectivity index (χ0n) is 20.9. The monoisotopic (exact) mass is 513 g/mol. The van der Waals surface area contributed by atoms with Gasteiger partial charge in [0.05, 0.1) is 11.7 Å². The Labute approximate surface area is 221 Å². The smallest absolute Gasteiger partial charge is 0.226 e. The zero-order valence-corrected chi connectivity index (χ0v) is 21.7. The second-order valence-electron chi connectivity index (χ2n) is 9.42. The highest BCUT2D eigenvalue weighted by molar-refractivity contribution is 7.80. The van der Waals surface area contributed by atoms with E-state index in [1.807, 2.05) is 74.0 Å². The van der Waals surface area contributed by atoms with Gasteiger partial charge in [0.1, 0.15) is 11.9 Å². The molecule has 1 saturated heterocycles. The van der Waals surface area contributed by atoms with E-state index in [-0.39, 0.29) is 29.7 Å². The number of nitrogens with one attached hydrogen (secondary N) is 2. The molecule has 2 aromatic carbocycles. The van der Waals surface area contributed by atoms with Gasteiger partial charge in [-0.05, 0) is 91.4 Å². The number of pyridine rings is 1. The summed E-state index contributed by atoms with van der Waals surface area (Å²) in [6, 6.07) is 21.7. The minimum absolute atomic E-state index is 0.0283. The Bertz CT molecular complexity index is 1430. The SMILES string of the molecule is Cc1cc(N2C(=S)N[C@H](c3ccccn3)[C@H]2c2cccn2-c2ccc(F)cc2)ccc1NC(=O)C(C)C. The van der Waals surface area contributed by atoms with Crippen molar-refractivity contribution in [3.63, 3.8) is 0 Å². The number of carbonyl (C=O) groups excluding carboxylic acids is 1. The average molecular weight is 514 g/mol. The van der Waals surface area contributed by atoms with E-state index in [0.29, 0.717) is 5.11 Å². The molecule has 4 aromatic rings. The summed E-state index contributed by atoms with van der Waals surface area (Å²) in [6.07, 6.45) is 3.74. The number of rotatable bonds is 6. The number of hydrogen-bond donors (Lipinski definition) is 2. The van der Waals surface area contributed by atoms with Crippen molar-refractivity contribution in [2.45, 2.75) is 32.9 Å². The number of nitrogens with zero attached hydrogens (tertiary/aromatic N) is 3. The first-order chi connectivity index (χ1) is 17.8. The molecule has 3 heterocycles. The molecule has 1 fully saturated rings. The number of aromatic nitrogens is 2. The van der Waals surface area contributed by atoms with E-state index in [0.717, 1.165) is 34.0 Å². The van der Waals surface area contributed by atoms with E-state index in [4.69, 9.17) is 12.2 Å². The summed E-state index contributed by atoms with van der Waals surface area (Å²) in [7, 11) is 0. The number of thiocarbonyl (C=S) groups is 1. The van der Waals surface area contributed by atoms with E-state index in [9.17, 15) is 9.18 Å². The molecule has 2 N–H and O–H groups in total. The van der Waals surface area contributed by atoms with Crippen LogP contribution in [0, 0.1) is 18.7 Å². The van der Waals surface area contributed by atoms with Gasteiger partial charge in [-0.15, -0.1) is 0 Å². The Morgan fingerprint density at radius 1 is 1.05 bits per heavy atom. The highest BCUT2D eigenvalue weighted by atomic mass is 32.1. The third kappa shape index (κ3) is 4.84. The lowest BCUT2D eigenvalue weighted by Crippen LogP contribution is -2.30. The third-order valence-electron chi connectivity index (χ3n) is 6.56. The van der Waals surface area contributed by atoms with Crippen molar-refractivity contribution in [2.24, 2.45) is 5.92 Å². The molecule has 1 aliphatic heterocycles. The van der Waals surface area contributed by atoms with Gasteiger partial charge in [-0.2, -0.15) is 0 Å². The lowest BCUT2D eigenvalue weighted by Gasteiger charge is -2.29. The molecule has 188 valence electrons. The number of amides is 1. The van der Waals surface area contributed by atoms with Crippen molar-refractivity contribution in [1.29, 1.82) is 0 Å². The molecule has 0 bridgehead atoms. The van der Waals surface area contributed by atoms with Crippen LogP contribution in [0.1, 0.15) is 42.9 Å². The van der Waals surface area contributed by atoms with Gasteiger partial charge < -0.3 is 20.1 Å². The summed E-state index contributed by atoms with van der Waals surface area (Å²) in [5.41, 5.74) is 5.29. The van der Waals surface area contributed by atoms with Crippen LogP contribution in [0.2, 0.25) is 0 Å². The lowest BCUT2D eigenvalue weighted by atomic mass is 10.00. The molecular weight excluding hydrogens is 485 g/mol. The van der Waals surface area contributed by atoms with Crippen molar-refractivity contribution >= 4 is 34.6 Å².